The van der Waals surface area contributed by atoms with Gasteiger partial charge in [-0.25, -0.2) is 5.43 Å². The van der Waals surface area contributed by atoms with E-state index in [1.807, 2.05) is 6.92 Å². The Kier molecular flexibility index (Phi) is 5.90. The maximum Gasteiger partial charge on any atom is 0.329 e. The van der Waals surface area contributed by atoms with Crippen molar-refractivity contribution < 1.29 is 19.4 Å². The Labute approximate surface area is 139 Å². The van der Waals surface area contributed by atoms with Crippen molar-refractivity contribution in [3.63, 3.8) is 0 Å². The van der Waals surface area contributed by atoms with Crippen LogP contribution >= 0.6 is 0 Å². The number of nitrogens with one attached hydrogen (secondary N) is 2. The molecular formula is C17H17N3O4. The molecule has 7 heteroatoms. The monoisotopic (exact) mass is 327 g/mol. The molecule has 0 fully saturated rings. The number of carbonyl (C=O) groups is 2. The average molecular weight is 327 g/mol. The van der Waals surface area contributed by atoms with Crippen molar-refractivity contribution in [2.24, 2.45) is 5.10 Å². The zero-order valence-electron chi connectivity index (χ0n) is 13.0. The minimum Gasteiger partial charge on any atom is -0.507 e. The van der Waals surface area contributed by atoms with Crippen molar-refractivity contribution in [3.05, 3.63) is 54.1 Å². The highest BCUT2D eigenvalue weighted by molar-refractivity contribution is 6.39. The van der Waals surface area contributed by atoms with E-state index >= 15 is 0 Å². The van der Waals surface area contributed by atoms with Crippen molar-refractivity contribution in [2.45, 2.75) is 6.92 Å². The van der Waals surface area contributed by atoms with Crippen LogP contribution in [-0.2, 0) is 9.59 Å². The number of hydrogen-bond acceptors (Lipinski definition) is 5. The number of phenols is 1. The lowest BCUT2D eigenvalue weighted by Gasteiger charge is -2.10. The highest BCUT2D eigenvalue weighted by Gasteiger charge is 2.15. The van der Waals surface area contributed by atoms with Crippen LogP contribution in [0.25, 0.3) is 0 Å². The first kappa shape index (κ1) is 17.0. The summed E-state index contributed by atoms with van der Waals surface area (Å²) in [5.74, 6) is -1.32. The Morgan fingerprint density at radius 3 is 2.58 bits per heavy atom. The van der Waals surface area contributed by atoms with E-state index in [0.717, 1.165) is 0 Å². The average Bonchev–Trinajstić information content (AvgIpc) is 2.58. The number of hydrogen-bond donors (Lipinski definition) is 3. The van der Waals surface area contributed by atoms with Gasteiger partial charge < -0.3 is 15.2 Å². The Hall–Kier alpha value is -3.35. The van der Waals surface area contributed by atoms with Gasteiger partial charge in [0, 0.05) is 5.56 Å². The molecule has 7 nitrogen and oxygen atoms in total. The topological polar surface area (TPSA) is 100 Å². The van der Waals surface area contributed by atoms with Gasteiger partial charge in [0.25, 0.3) is 0 Å². The lowest BCUT2D eigenvalue weighted by atomic mass is 10.2. The van der Waals surface area contributed by atoms with Gasteiger partial charge in [0.1, 0.15) is 11.5 Å². The summed E-state index contributed by atoms with van der Waals surface area (Å²) in [6.07, 6.45) is 1.24. The van der Waals surface area contributed by atoms with E-state index in [4.69, 9.17) is 4.74 Å². The second-order valence-corrected chi connectivity index (χ2v) is 4.64. The Balaban J connectivity index is 1.96. The van der Waals surface area contributed by atoms with Crippen LogP contribution in [0.2, 0.25) is 0 Å². The number of carbonyl (C=O) groups excluding carboxylic acids is 2. The number of para-hydroxylation sites is 3. The fourth-order valence-corrected chi connectivity index (χ4v) is 1.84. The number of rotatable bonds is 5. The molecule has 0 aliphatic rings. The molecule has 124 valence electrons. The smallest absolute Gasteiger partial charge is 0.329 e. The summed E-state index contributed by atoms with van der Waals surface area (Å²) in [7, 11) is 0. The quantitative estimate of drug-likeness (QED) is 0.443. The summed E-state index contributed by atoms with van der Waals surface area (Å²) in [5.41, 5.74) is 2.91. The molecule has 2 aromatic rings. The van der Waals surface area contributed by atoms with Gasteiger partial charge in [0.05, 0.1) is 18.5 Å². The zero-order chi connectivity index (χ0) is 17.4. The number of amides is 2. The van der Waals surface area contributed by atoms with Crippen LogP contribution in [0.1, 0.15) is 12.5 Å². The molecule has 2 rings (SSSR count). The summed E-state index contributed by atoms with van der Waals surface area (Å²) in [4.78, 5) is 23.6. The van der Waals surface area contributed by atoms with E-state index in [9.17, 15) is 14.7 Å². The van der Waals surface area contributed by atoms with Crippen molar-refractivity contribution >= 4 is 23.7 Å². The van der Waals surface area contributed by atoms with Crippen molar-refractivity contribution in [1.29, 1.82) is 0 Å². The van der Waals surface area contributed by atoms with Crippen LogP contribution in [0.3, 0.4) is 0 Å². The van der Waals surface area contributed by atoms with Crippen LogP contribution < -0.4 is 15.5 Å². The van der Waals surface area contributed by atoms with Crippen LogP contribution in [0.15, 0.2) is 53.6 Å². The van der Waals surface area contributed by atoms with Crippen LogP contribution in [0.5, 0.6) is 11.5 Å². The Bertz CT molecular complexity index is 759. The predicted molar refractivity (Wildman–Crippen MR) is 90.1 cm³/mol. The van der Waals surface area contributed by atoms with E-state index in [2.05, 4.69) is 15.8 Å². The van der Waals surface area contributed by atoms with Gasteiger partial charge in [-0.3, -0.25) is 9.59 Å². The van der Waals surface area contributed by atoms with Gasteiger partial charge in [-0.05, 0) is 31.2 Å². The van der Waals surface area contributed by atoms with E-state index in [1.54, 1.807) is 42.5 Å². The predicted octanol–water partition coefficient (Wildman–Crippen LogP) is 1.88. The Morgan fingerprint density at radius 1 is 1.12 bits per heavy atom. The van der Waals surface area contributed by atoms with Crippen LogP contribution in [0, 0.1) is 0 Å². The fourth-order valence-electron chi connectivity index (χ4n) is 1.84. The van der Waals surface area contributed by atoms with Crippen LogP contribution in [-0.4, -0.2) is 29.7 Å². The van der Waals surface area contributed by atoms with Gasteiger partial charge >= 0.3 is 11.8 Å². The number of anilines is 1. The molecule has 0 spiro atoms. The molecule has 0 heterocycles. The minimum atomic E-state index is -0.937. The number of aromatic hydroxyl groups is 1. The summed E-state index contributed by atoms with van der Waals surface area (Å²) in [5, 5.41) is 15.7. The molecule has 0 saturated carbocycles. The number of nitrogens with zero attached hydrogens (tertiary/aromatic N) is 1. The van der Waals surface area contributed by atoms with Crippen molar-refractivity contribution in [2.75, 3.05) is 11.9 Å². The molecule has 0 aliphatic carbocycles. The van der Waals surface area contributed by atoms with Crippen molar-refractivity contribution in [3.8, 4) is 11.5 Å². The molecule has 0 radical (unpaired) electrons. The highest BCUT2D eigenvalue weighted by atomic mass is 16.5. The number of phenolic OH excluding ortho intramolecular Hbond substituents is 1. The SMILES string of the molecule is CCOc1ccccc1NC(=O)C(=O)N/N=C/c1ccccc1O. The lowest BCUT2D eigenvalue weighted by Crippen LogP contribution is -2.32. The third-order valence-corrected chi connectivity index (χ3v) is 2.95. The third-order valence-electron chi connectivity index (χ3n) is 2.95. The minimum absolute atomic E-state index is 0.0191. The molecular weight excluding hydrogens is 310 g/mol. The van der Waals surface area contributed by atoms with E-state index in [0.29, 0.717) is 23.6 Å². The third kappa shape index (κ3) is 4.57. The zero-order valence-corrected chi connectivity index (χ0v) is 13.0. The molecule has 0 unspecified atom stereocenters. The van der Waals surface area contributed by atoms with Gasteiger partial charge in [0.15, 0.2) is 0 Å². The molecule has 2 amide bonds. The molecule has 3 N–H and O–H groups in total. The first-order chi connectivity index (χ1) is 11.6. The Morgan fingerprint density at radius 2 is 1.83 bits per heavy atom. The van der Waals surface area contributed by atoms with E-state index in [1.165, 1.54) is 12.3 Å². The fraction of sp³-hybridized carbons (Fsp3) is 0.118. The normalized spacial score (nSPS) is 10.4. The largest absolute Gasteiger partial charge is 0.507 e. The molecule has 2 aromatic carbocycles. The number of ether oxygens (including phenoxy) is 1. The first-order valence-electron chi connectivity index (χ1n) is 7.26. The maximum absolute atomic E-state index is 11.9. The summed E-state index contributed by atoms with van der Waals surface area (Å²) in [6, 6.07) is 13.3. The summed E-state index contributed by atoms with van der Waals surface area (Å²) >= 11 is 0. The molecule has 0 atom stereocenters. The summed E-state index contributed by atoms with van der Waals surface area (Å²) in [6.45, 7) is 2.25. The second-order valence-electron chi connectivity index (χ2n) is 4.64. The van der Waals surface area contributed by atoms with Crippen molar-refractivity contribution in [1.82, 2.24) is 5.43 Å². The standard InChI is InChI=1S/C17H17N3O4/c1-2-24-15-10-6-4-8-13(15)19-16(22)17(23)20-18-11-12-7-3-5-9-14(12)21/h3-11,21H,2H2,1H3,(H,19,22)(H,20,23)/b18-11+. The molecule has 24 heavy (non-hydrogen) atoms. The first-order valence-corrected chi connectivity index (χ1v) is 7.26. The maximum atomic E-state index is 11.9. The van der Waals surface area contributed by atoms with Crippen LogP contribution in [0.4, 0.5) is 5.69 Å². The number of hydrazone groups is 1. The summed E-state index contributed by atoms with van der Waals surface area (Å²) < 4.78 is 5.37. The molecule has 0 saturated heterocycles. The highest BCUT2D eigenvalue weighted by Crippen LogP contribution is 2.23. The molecule has 0 aromatic heterocycles. The molecule has 0 bridgehead atoms. The molecule has 0 aliphatic heterocycles. The van der Waals surface area contributed by atoms with Gasteiger partial charge in [-0.2, -0.15) is 5.10 Å². The van der Waals surface area contributed by atoms with Gasteiger partial charge in [-0.1, -0.05) is 24.3 Å². The van der Waals surface area contributed by atoms with Gasteiger partial charge in [0.2, 0.25) is 0 Å². The second kappa shape index (κ2) is 8.33. The van der Waals surface area contributed by atoms with Gasteiger partial charge in [-0.15, -0.1) is 0 Å². The number of benzene rings is 2. The lowest BCUT2D eigenvalue weighted by molar-refractivity contribution is -0.136. The van der Waals surface area contributed by atoms with E-state index < -0.39 is 11.8 Å². The van der Waals surface area contributed by atoms with E-state index in [-0.39, 0.29) is 5.75 Å².